The highest BCUT2D eigenvalue weighted by Gasteiger charge is 2.20. The van der Waals surface area contributed by atoms with Gasteiger partial charge < -0.3 is 4.74 Å². The second kappa shape index (κ2) is 4.59. The fourth-order valence-corrected chi connectivity index (χ4v) is 1.67. The van der Waals surface area contributed by atoms with E-state index in [1.165, 1.54) is 6.07 Å². The van der Waals surface area contributed by atoms with Gasteiger partial charge in [-0.2, -0.15) is 0 Å². The Hall–Kier alpha value is -1.46. The molecule has 0 radical (unpaired) electrons. The van der Waals surface area contributed by atoms with E-state index in [2.05, 4.69) is 5.43 Å². The van der Waals surface area contributed by atoms with Crippen LogP contribution in [0.3, 0.4) is 0 Å². The molecule has 0 bridgehead atoms. The van der Waals surface area contributed by atoms with E-state index in [4.69, 9.17) is 10.6 Å². The van der Waals surface area contributed by atoms with Gasteiger partial charge in [-0.15, -0.1) is 0 Å². The Balaban J connectivity index is 2.29. The monoisotopic (exact) mass is 226 g/mol. The van der Waals surface area contributed by atoms with Crippen molar-refractivity contribution in [3.05, 3.63) is 47.2 Å². The molecule has 1 atom stereocenters. The Kier molecular flexibility index (Phi) is 3.17. The lowest BCUT2D eigenvalue weighted by molar-refractivity contribution is 0.215. The summed E-state index contributed by atoms with van der Waals surface area (Å²) >= 11 is 0. The molecule has 86 valence electrons. The minimum atomic E-state index is -0.892. The third-order valence-electron chi connectivity index (χ3n) is 2.46. The molecular formula is C11H12F2N2O. The van der Waals surface area contributed by atoms with Crippen LogP contribution in [0.15, 0.2) is 30.0 Å². The van der Waals surface area contributed by atoms with Gasteiger partial charge in [0.25, 0.3) is 0 Å². The van der Waals surface area contributed by atoms with Crippen LogP contribution in [0.5, 0.6) is 0 Å². The van der Waals surface area contributed by atoms with Gasteiger partial charge in [-0.1, -0.05) is 6.07 Å². The number of ether oxygens (including phenoxy) is 1. The molecule has 16 heavy (non-hydrogen) atoms. The van der Waals surface area contributed by atoms with E-state index in [1.807, 2.05) is 6.08 Å². The van der Waals surface area contributed by atoms with Gasteiger partial charge in [0.15, 0.2) is 11.6 Å². The first-order valence-electron chi connectivity index (χ1n) is 4.96. The number of halogens is 2. The van der Waals surface area contributed by atoms with Crippen LogP contribution in [0.25, 0.3) is 0 Å². The van der Waals surface area contributed by atoms with E-state index < -0.39 is 17.7 Å². The third kappa shape index (κ3) is 2.05. The predicted molar refractivity (Wildman–Crippen MR) is 55.1 cm³/mol. The topological polar surface area (TPSA) is 47.3 Å². The first-order valence-corrected chi connectivity index (χ1v) is 4.96. The van der Waals surface area contributed by atoms with Gasteiger partial charge in [0.2, 0.25) is 0 Å². The van der Waals surface area contributed by atoms with E-state index in [0.29, 0.717) is 17.9 Å². The average Bonchev–Trinajstić information content (AvgIpc) is 2.78. The van der Waals surface area contributed by atoms with Crippen LogP contribution in [-0.2, 0) is 4.74 Å². The normalized spacial score (nSPS) is 16.8. The van der Waals surface area contributed by atoms with Gasteiger partial charge >= 0.3 is 0 Å². The maximum atomic E-state index is 13.1. The second-order valence-electron chi connectivity index (χ2n) is 3.52. The molecule has 0 fully saturated rings. The Morgan fingerprint density at radius 2 is 2.12 bits per heavy atom. The molecule has 2 rings (SSSR count). The van der Waals surface area contributed by atoms with Crippen molar-refractivity contribution in [1.82, 2.24) is 5.43 Å². The van der Waals surface area contributed by atoms with Crippen LogP contribution in [-0.4, -0.2) is 6.61 Å². The summed E-state index contributed by atoms with van der Waals surface area (Å²) in [6.45, 7) is 0.594. The molecule has 0 spiro atoms. The number of benzene rings is 1. The molecule has 0 aromatic heterocycles. The molecule has 3 N–H and O–H groups in total. The molecule has 0 saturated carbocycles. The van der Waals surface area contributed by atoms with E-state index in [9.17, 15) is 8.78 Å². The number of rotatable bonds is 3. The van der Waals surface area contributed by atoms with Gasteiger partial charge in [0.1, 0.15) is 11.8 Å². The van der Waals surface area contributed by atoms with Crippen molar-refractivity contribution in [2.24, 2.45) is 5.84 Å². The summed E-state index contributed by atoms with van der Waals surface area (Å²) in [6, 6.07) is 3.23. The molecule has 1 aliphatic heterocycles. The highest BCUT2D eigenvalue weighted by molar-refractivity contribution is 5.27. The van der Waals surface area contributed by atoms with Crippen LogP contribution >= 0.6 is 0 Å². The molecule has 1 unspecified atom stereocenters. The Labute approximate surface area is 91.9 Å². The fraction of sp³-hybridized carbons (Fsp3) is 0.273. The van der Waals surface area contributed by atoms with E-state index in [-0.39, 0.29) is 0 Å². The lowest BCUT2D eigenvalue weighted by Crippen LogP contribution is -2.29. The van der Waals surface area contributed by atoms with Crippen molar-refractivity contribution < 1.29 is 13.5 Å². The Morgan fingerprint density at radius 1 is 1.31 bits per heavy atom. The predicted octanol–water partition coefficient (Wildman–Crippen LogP) is 1.77. The number of nitrogens with one attached hydrogen (secondary N) is 1. The minimum Gasteiger partial charge on any atom is -0.496 e. The number of nitrogens with two attached hydrogens (primary N) is 1. The summed E-state index contributed by atoms with van der Waals surface area (Å²) in [5.41, 5.74) is 3.06. The average molecular weight is 226 g/mol. The summed E-state index contributed by atoms with van der Waals surface area (Å²) in [4.78, 5) is 0. The SMILES string of the molecule is NNC(C1=CCCO1)c1ccc(F)c(F)c1. The minimum absolute atomic E-state index is 0.433. The largest absolute Gasteiger partial charge is 0.496 e. The summed E-state index contributed by atoms with van der Waals surface area (Å²) < 4.78 is 31.2. The van der Waals surface area contributed by atoms with Crippen molar-refractivity contribution in [3.63, 3.8) is 0 Å². The maximum Gasteiger partial charge on any atom is 0.159 e. The van der Waals surface area contributed by atoms with Crippen LogP contribution < -0.4 is 11.3 Å². The molecule has 1 aromatic rings. The zero-order chi connectivity index (χ0) is 11.5. The van der Waals surface area contributed by atoms with Crippen LogP contribution in [0, 0.1) is 11.6 Å². The first-order chi connectivity index (χ1) is 7.72. The smallest absolute Gasteiger partial charge is 0.159 e. The lowest BCUT2D eigenvalue weighted by Gasteiger charge is -2.17. The van der Waals surface area contributed by atoms with E-state index >= 15 is 0 Å². The molecule has 1 heterocycles. The van der Waals surface area contributed by atoms with Gasteiger partial charge in [-0.05, 0) is 23.8 Å². The zero-order valence-electron chi connectivity index (χ0n) is 8.54. The van der Waals surface area contributed by atoms with Gasteiger partial charge in [-0.3, -0.25) is 5.84 Å². The number of hydrogen-bond donors (Lipinski definition) is 2. The molecule has 3 nitrogen and oxygen atoms in total. The molecule has 0 amide bonds. The summed E-state index contributed by atoms with van der Waals surface area (Å²) in [5.74, 6) is 4.27. The molecule has 1 aromatic carbocycles. The lowest BCUT2D eigenvalue weighted by atomic mass is 10.1. The fourth-order valence-electron chi connectivity index (χ4n) is 1.67. The van der Waals surface area contributed by atoms with Crippen molar-refractivity contribution >= 4 is 0 Å². The highest BCUT2D eigenvalue weighted by atomic mass is 19.2. The summed E-state index contributed by atoms with van der Waals surface area (Å²) in [7, 11) is 0. The maximum absolute atomic E-state index is 13.1. The van der Waals surface area contributed by atoms with Crippen LogP contribution in [0.4, 0.5) is 8.78 Å². The quantitative estimate of drug-likeness (QED) is 0.610. The van der Waals surface area contributed by atoms with Crippen molar-refractivity contribution in [2.45, 2.75) is 12.5 Å². The third-order valence-corrected chi connectivity index (χ3v) is 2.46. The van der Waals surface area contributed by atoms with Gasteiger partial charge in [0, 0.05) is 6.42 Å². The zero-order valence-corrected chi connectivity index (χ0v) is 8.54. The Bertz CT molecular complexity index is 420. The molecule has 5 heteroatoms. The summed E-state index contributed by atoms with van der Waals surface area (Å²) in [5, 5.41) is 0. The van der Waals surface area contributed by atoms with E-state index in [1.54, 1.807) is 0 Å². The number of hydrogen-bond acceptors (Lipinski definition) is 3. The molecule has 0 aliphatic carbocycles. The standard InChI is InChI=1S/C11H12F2N2O/c12-8-4-3-7(6-9(8)13)11(15-14)10-2-1-5-16-10/h2-4,6,11,15H,1,5,14H2. The summed E-state index contributed by atoms with van der Waals surface area (Å²) in [6.07, 6.45) is 2.68. The van der Waals surface area contributed by atoms with Crippen LogP contribution in [0.1, 0.15) is 18.0 Å². The molecular weight excluding hydrogens is 214 g/mol. The molecule has 1 aliphatic rings. The second-order valence-corrected chi connectivity index (χ2v) is 3.52. The van der Waals surface area contributed by atoms with Gasteiger partial charge in [0.05, 0.1) is 6.61 Å². The van der Waals surface area contributed by atoms with E-state index in [0.717, 1.165) is 18.6 Å². The first kappa shape index (κ1) is 11.0. The van der Waals surface area contributed by atoms with Gasteiger partial charge in [-0.25, -0.2) is 14.2 Å². The van der Waals surface area contributed by atoms with Crippen LogP contribution in [0.2, 0.25) is 0 Å². The highest BCUT2D eigenvalue weighted by Crippen LogP contribution is 2.26. The van der Waals surface area contributed by atoms with Crippen molar-refractivity contribution in [2.75, 3.05) is 6.61 Å². The number of hydrazine groups is 1. The van der Waals surface area contributed by atoms with Crippen molar-refractivity contribution in [1.29, 1.82) is 0 Å². The molecule has 0 saturated heterocycles. The Morgan fingerprint density at radius 3 is 2.69 bits per heavy atom. The van der Waals surface area contributed by atoms with Crippen molar-refractivity contribution in [3.8, 4) is 0 Å².